The van der Waals surface area contributed by atoms with Gasteiger partial charge in [-0.1, -0.05) is 60.7 Å². The Balaban J connectivity index is 1.13. The maximum atomic E-state index is 12.9. The van der Waals surface area contributed by atoms with Crippen molar-refractivity contribution < 1.29 is 4.79 Å². The molecule has 37 heavy (non-hydrogen) atoms. The quantitative estimate of drug-likeness (QED) is 0.361. The van der Waals surface area contributed by atoms with Crippen molar-refractivity contribution >= 4 is 28.3 Å². The molecule has 0 bridgehead atoms. The SMILES string of the molecule is O=C(NC1CC1)c1cc(NCc2ccccc2CN2CCN(c3ccccc3)CC2)nc2ccccc12. The van der Waals surface area contributed by atoms with Gasteiger partial charge in [-0.05, 0) is 48.2 Å². The van der Waals surface area contributed by atoms with Crippen molar-refractivity contribution in [3.05, 3.63) is 102 Å². The van der Waals surface area contributed by atoms with Gasteiger partial charge in [0.25, 0.3) is 5.91 Å². The smallest absolute Gasteiger partial charge is 0.252 e. The number of benzene rings is 3. The van der Waals surface area contributed by atoms with Gasteiger partial charge in [0.15, 0.2) is 0 Å². The van der Waals surface area contributed by atoms with Crippen molar-refractivity contribution in [1.82, 2.24) is 15.2 Å². The van der Waals surface area contributed by atoms with E-state index in [2.05, 4.69) is 75.0 Å². The first-order valence-electron chi connectivity index (χ1n) is 13.3. The summed E-state index contributed by atoms with van der Waals surface area (Å²) in [7, 11) is 0. The second-order valence-electron chi connectivity index (χ2n) is 10.0. The molecule has 1 aromatic heterocycles. The van der Waals surface area contributed by atoms with Crippen molar-refractivity contribution in [2.75, 3.05) is 36.4 Å². The van der Waals surface area contributed by atoms with Gasteiger partial charge >= 0.3 is 0 Å². The van der Waals surface area contributed by atoms with Gasteiger partial charge in [-0.25, -0.2) is 4.98 Å². The second kappa shape index (κ2) is 10.6. The molecule has 6 rings (SSSR count). The van der Waals surface area contributed by atoms with Gasteiger partial charge in [0.05, 0.1) is 11.1 Å². The summed E-state index contributed by atoms with van der Waals surface area (Å²) in [5.74, 6) is 0.713. The Kier molecular flexibility index (Phi) is 6.74. The Morgan fingerprint density at radius 2 is 1.54 bits per heavy atom. The highest BCUT2D eigenvalue weighted by atomic mass is 16.1. The summed E-state index contributed by atoms with van der Waals surface area (Å²) in [5, 5.41) is 7.52. The van der Waals surface area contributed by atoms with E-state index in [4.69, 9.17) is 4.98 Å². The number of aromatic nitrogens is 1. The van der Waals surface area contributed by atoms with Crippen molar-refractivity contribution in [3.8, 4) is 0 Å². The minimum absolute atomic E-state index is 0.0146. The number of hydrogen-bond acceptors (Lipinski definition) is 5. The van der Waals surface area contributed by atoms with E-state index >= 15 is 0 Å². The zero-order chi connectivity index (χ0) is 25.0. The van der Waals surface area contributed by atoms with Crippen LogP contribution in [0.1, 0.15) is 34.3 Å². The van der Waals surface area contributed by atoms with E-state index in [0.29, 0.717) is 18.2 Å². The highest BCUT2D eigenvalue weighted by Crippen LogP contribution is 2.25. The normalized spacial score (nSPS) is 16.1. The fourth-order valence-electron chi connectivity index (χ4n) is 5.06. The van der Waals surface area contributed by atoms with Crippen molar-refractivity contribution in [2.24, 2.45) is 0 Å². The second-order valence-corrected chi connectivity index (χ2v) is 10.0. The Hall–Kier alpha value is -3.90. The number of fused-ring (bicyclic) bond motifs is 1. The lowest BCUT2D eigenvalue weighted by Gasteiger charge is -2.36. The van der Waals surface area contributed by atoms with E-state index in [1.54, 1.807) is 0 Å². The number of piperazine rings is 1. The first kappa shape index (κ1) is 23.5. The number of para-hydroxylation sites is 2. The fraction of sp³-hybridized carbons (Fsp3) is 0.290. The fourth-order valence-corrected chi connectivity index (χ4v) is 5.06. The maximum absolute atomic E-state index is 12.9. The first-order valence-corrected chi connectivity index (χ1v) is 13.3. The van der Waals surface area contributed by atoms with Crippen LogP contribution >= 0.6 is 0 Å². The lowest BCUT2D eigenvalue weighted by Crippen LogP contribution is -2.46. The van der Waals surface area contributed by atoms with Gasteiger partial charge in [-0.3, -0.25) is 9.69 Å². The summed E-state index contributed by atoms with van der Waals surface area (Å²) in [6.07, 6.45) is 2.13. The van der Waals surface area contributed by atoms with Crippen LogP contribution in [0.3, 0.4) is 0 Å². The highest BCUT2D eigenvalue weighted by Gasteiger charge is 2.25. The molecule has 2 aliphatic rings. The van der Waals surface area contributed by atoms with Crippen molar-refractivity contribution in [2.45, 2.75) is 32.0 Å². The third-order valence-electron chi connectivity index (χ3n) is 7.34. The molecule has 6 heteroatoms. The molecule has 3 aromatic carbocycles. The van der Waals surface area contributed by atoms with Gasteiger partial charge < -0.3 is 15.5 Å². The van der Waals surface area contributed by atoms with Gasteiger partial charge in [-0.15, -0.1) is 0 Å². The van der Waals surface area contributed by atoms with Crippen LogP contribution in [0.4, 0.5) is 11.5 Å². The number of hydrogen-bond donors (Lipinski definition) is 2. The predicted octanol–water partition coefficient (Wildman–Crippen LogP) is 5.06. The molecule has 1 saturated heterocycles. The number of rotatable bonds is 8. The van der Waals surface area contributed by atoms with Gasteiger partial charge in [0, 0.05) is 56.4 Å². The third kappa shape index (κ3) is 5.59. The minimum Gasteiger partial charge on any atom is -0.369 e. The zero-order valence-corrected chi connectivity index (χ0v) is 21.1. The number of pyridine rings is 1. The lowest BCUT2D eigenvalue weighted by molar-refractivity contribution is 0.0952. The molecule has 1 aliphatic heterocycles. The van der Waals surface area contributed by atoms with Crippen molar-refractivity contribution in [3.63, 3.8) is 0 Å². The minimum atomic E-state index is -0.0146. The Morgan fingerprint density at radius 1 is 0.838 bits per heavy atom. The summed E-state index contributed by atoms with van der Waals surface area (Å²) >= 11 is 0. The van der Waals surface area contributed by atoms with E-state index in [-0.39, 0.29) is 5.91 Å². The topological polar surface area (TPSA) is 60.5 Å². The molecular formula is C31H33N5O. The van der Waals surface area contributed by atoms with E-state index in [9.17, 15) is 4.79 Å². The Morgan fingerprint density at radius 3 is 2.32 bits per heavy atom. The molecular weight excluding hydrogens is 458 g/mol. The summed E-state index contributed by atoms with van der Waals surface area (Å²) in [4.78, 5) is 22.8. The van der Waals surface area contributed by atoms with E-state index < -0.39 is 0 Å². The van der Waals surface area contributed by atoms with E-state index in [1.165, 1.54) is 16.8 Å². The molecule has 1 saturated carbocycles. The molecule has 2 heterocycles. The molecule has 2 N–H and O–H groups in total. The summed E-state index contributed by atoms with van der Waals surface area (Å²) in [6, 6.07) is 29.4. The lowest BCUT2D eigenvalue weighted by atomic mass is 10.1. The maximum Gasteiger partial charge on any atom is 0.252 e. The summed E-state index contributed by atoms with van der Waals surface area (Å²) < 4.78 is 0. The standard InChI is InChI=1S/C31H33N5O/c37-31(33-25-14-15-25)28-20-30(34-29-13-7-6-12-27(28)29)32-21-23-8-4-5-9-24(23)22-35-16-18-36(19-17-35)26-10-2-1-3-11-26/h1-13,20,25H,14-19,21-22H2,(H,32,34)(H,33,37). The van der Waals surface area contributed by atoms with E-state index in [0.717, 1.165) is 62.3 Å². The molecule has 4 aromatic rings. The molecule has 2 fully saturated rings. The molecule has 1 aliphatic carbocycles. The summed E-state index contributed by atoms with van der Waals surface area (Å²) in [5.41, 5.74) is 5.41. The van der Waals surface area contributed by atoms with Gasteiger partial charge in [0.2, 0.25) is 0 Å². The average Bonchev–Trinajstić information content (AvgIpc) is 3.77. The average molecular weight is 492 g/mol. The molecule has 0 spiro atoms. The number of nitrogens with zero attached hydrogens (tertiary/aromatic N) is 3. The zero-order valence-electron chi connectivity index (χ0n) is 21.1. The summed E-state index contributed by atoms with van der Waals surface area (Å²) in [6.45, 7) is 5.76. The predicted molar refractivity (Wildman–Crippen MR) is 150 cm³/mol. The largest absolute Gasteiger partial charge is 0.369 e. The van der Waals surface area contributed by atoms with Crippen LogP contribution in [0.2, 0.25) is 0 Å². The van der Waals surface area contributed by atoms with Crippen molar-refractivity contribution in [1.29, 1.82) is 0 Å². The number of carbonyl (C=O) groups is 1. The number of nitrogens with one attached hydrogen (secondary N) is 2. The number of amides is 1. The molecule has 0 atom stereocenters. The number of carbonyl (C=O) groups excluding carboxylic acids is 1. The Bertz CT molecular complexity index is 1380. The molecule has 6 nitrogen and oxygen atoms in total. The first-order chi connectivity index (χ1) is 18.2. The molecule has 1 amide bonds. The molecule has 0 unspecified atom stereocenters. The van der Waals surface area contributed by atoms with E-state index in [1.807, 2.05) is 30.3 Å². The van der Waals surface area contributed by atoms with Gasteiger partial charge in [0.1, 0.15) is 5.82 Å². The number of anilines is 2. The Labute approximate surface area is 218 Å². The molecule has 0 radical (unpaired) electrons. The van der Waals surface area contributed by atoms with Crippen LogP contribution in [0.15, 0.2) is 84.9 Å². The van der Waals surface area contributed by atoms with Crippen LogP contribution in [-0.4, -0.2) is 48.0 Å². The van der Waals surface area contributed by atoms with Crippen LogP contribution < -0.4 is 15.5 Å². The van der Waals surface area contributed by atoms with Crippen LogP contribution in [-0.2, 0) is 13.1 Å². The van der Waals surface area contributed by atoms with Gasteiger partial charge in [-0.2, -0.15) is 0 Å². The third-order valence-corrected chi connectivity index (χ3v) is 7.34. The molecule has 188 valence electrons. The van der Waals surface area contributed by atoms with Crippen LogP contribution in [0.25, 0.3) is 10.9 Å². The highest BCUT2D eigenvalue weighted by molar-refractivity contribution is 6.07. The van der Waals surface area contributed by atoms with Crippen LogP contribution in [0, 0.1) is 0 Å². The van der Waals surface area contributed by atoms with Crippen LogP contribution in [0.5, 0.6) is 0 Å². The monoisotopic (exact) mass is 491 g/mol.